The second kappa shape index (κ2) is 11.4. The van der Waals surface area contributed by atoms with Crippen LogP contribution >= 0.6 is 24.0 Å². The van der Waals surface area contributed by atoms with Gasteiger partial charge in [0.25, 0.3) is 5.91 Å². The van der Waals surface area contributed by atoms with Crippen molar-refractivity contribution >= 4 is 35.8 Å². The Kier molecular flexibility index (Phi) is 9.55. The number of carbonyl (C=O) groups is 1. The normalized spacial score (nSPS) is 10.6. The van der Waals surface area contributed by atoms with Gasteiger partial charge in [-0.1, -0.05) is 18.2 Å². The molecule has 2 N–H and O–H groups in total. The van der Waals surface area contributed by atoms with Crippen molar-refractivity contribution in [3.8, 4) is 5.88 Å². The third-order valence-corrected chi connectivity index (χ3v) is 3.78. The molecule has 0 spiro atoms. The molecule has 0 aliphatic carbocycles. The van der Waals surface area contributed by atoms with Gasteiger partial charge in [-0.3, -0.25) is 9.79 Å². The number of halogens is 1. The molecule has 1 aromatic carbocycles. The fraction of sp³-hybridized carbons (Fsp3) is 0.316. The molecule has 0 saturated carbocycles. The summed E-state index contributed by atoms with van der Waals surface area (Å²) < 4.78 is 5.25. The highest BCUT2D eigenvalue weighted by molar-refractivity contribution is 14.0. The van der Waals surface area contributed by atoms with Crippen molar-refractivity contribution in [2.75, 3.05) is 28.3 Å². The van der Waals surface area contributed by atoms with Gasteiger partial charge in [0.1, 0.15) is 0 Å². The summed E-state index contributed by atoms with van der Waals surface area (Å²) in [6, 6.07) is 11.3. The van der Waals surface area contributed by atoms with Gasteiger partial charge in [-0.05, 0) is 23.8 Å². The van der Waals surface area contributed by atoms with Crippen molar-refractivity contribution in [2.45, 2.75) is 13.1 Å². The van der Waals surface area contributed by atoms with Crippen LogP contribution in [-0.2, 0) is 13.1 Å². The number of methoxy groups -OCH3 is 1. The Morgan fingerprint density at radius 2 is 1.81 bits per heavy atom. The molecule has 7 nitrogen and oxygen atoms in total. The summed E-state index contributed by atoms with van der Waals surface area (Å²) in [6.07, 6.45) is 1.69. The van der Waals surface area contributed by atoms with Crippen molar-refractivity contribution < 1.29 is 9.53 Å². The number of rotatable bonds is 6. The summed E-state index contributed by atoms with van der Waals surface area (Å²) >= 11 is 0. The summed E-state index contributed by atoms with van der Waals surface area (Å²) in [5, 5.41) is 6.48. The van der Waals surface area contributed by atoms with Crippen LogP contribution in [0.1, 0.15) is 21.5 Å². The summed E-state index contributed by atoms with van der Waals surface area (Å²) in [6.45, 7) is 1.15. The summed E-state index contributed by atoms with van der Waals surface area (Å²) in [5.74, 6) is 1.26. The number of nitrogens with zero attached hydrogens (tertiary/aromatic N) is 3. The van der Waals surface area contributed by atoms with Crippen LogP contribution in [0.2, 0.25) is 0 Å². The maximum absolute atomic E-state index is 11.9. The van der Waals surface area contributed by atoms with Crippen molar-refractivity contribution in [1.29, 1.82) is 0 Å². The van der Waals surface area contributed by atoms with Crippen LogP contribution in [0.25, 0.3) is 0 Å². The number of aromatic nitrogens is 1. The molecule has 27 heavy (non-hydrogen) atoms. The topological polar surface area (TPSA) is 78.9 Å². The van der Waals surface area contributed by atoms with Gasteiger partial charge < -0.3 is 20.3 Å². The van der Waals surface area contributed by atoms with Crippen LogP contribution in [-0.4, -0.2) is 50.0 Å². The summed E-state index contributed by atoms with van der Waals surface area (Å²) in [7, 11) is 6.80. The van der Waals surface area contributed by atoms with E-state index in [0.29, 0.717) is 30.5 Å². The van der Waals surface area contributed by atoms with Gasteiger partial charge >= 0.3 is 0 Å². The lowest BCUT2D eigenvalue weighted by molar-refractivity contribution is 0.0827. The Bertz CT molecular complexity index is 763. The fourth-order valence-electron chi connectivity index (χ4n) is 2.35. The number of ether oxygens (including phenoxy) is 1. The number of amides is 1. The van der Waals surface area contributed by atoms with E-state index in [4.69, 9.17) is 4.74 Å². The zero-order chi connectivity index (χ0) is 18.9. The van der Waals surface area contributed by atoms with E-state index in [9.17, 15) is 4.79 Å². The predicted molar refractivity (Wildman–Crippen MR) is 118 cm³/mol. The predicted octanol–water partition coefficient (Wildman–Crippen LogP) is 2.28. The third kappa shape index (κ3) is 6.70. The molecular weight excluding hydrogens is 457 g/mol. The molecule has 0 unspecified atom stereocenters. The molecule has 0 saturated heterocycles. The fourth-order valence-corrected chi connectivity index (χ4v) is 2.35. The largest absolute Gasteiger partial charge is 0.481 e. The molecule has 2 aromatic rings. The minimum absolute atomic E-state index is 0. The molecule has 1 aromatic heterocycles. The Labute approximate surface area is 177 Å². The van der Waals surface area contributed by atoms with Crippen LogP contribution in [0.15, 0.2) is 47.6 Å². The monoisotopic (exact) mass is 483 g/mol. The van der Waals surface area contributed by atoms with E-state index in [1.54, 1.807) is 39.3 Å². The van der Waals surface area contributed by atoms with Crippen molar-refractivity contribution in [1.82, 2.24) is 20.5 Å². The number of nitrogens with one attached hydrogen (secondary N) is 2. The minimum atomic E-state index is -0.00703. The van der Waals surface area contributed by atoms with Gasteiger partial charge in [0.15, 0.2) is 5.96 Å². The lowest BCUT2D eigenvalue weighted by Crippen LogP contribution is -2.36. The second-order valence-corrected chi connectivity index (χ2v) is 5.85. The number of aliphatic imine (C=N–C) groups is 1. The number of benzene rings is 1. The molecule has 0 radical (unpaired) electrons. The van der Waals surface area contributed by atoms with Crippen LogP contribution in [0.3, 0.4) is 0 Å². The zero-order valence-electron chi connectivity index (χ0n) is 16.0. The van der Waals surface area contributed by atoms with Gasteiger partial charge in [-0.2, -0.15) is 0 Å². The molecule has 146 valence electrons. The van der Waals surface area contributed by atoms with E-state index in [1.807, 2.05) is 36.4 Å². The Morgan fingerprint density at radius 1 is 1.15 bits per heavy atom. The van der Waals surface area contributed by atoms with Crippen LogP contribution in [0, 0.1) is 0 Å². The van der Waals surface area contributed by atoms with E-state index in [2.05, 4.69) is 20.6 Å². The maximum atomic E-state index is 11.9. The van der Waals surface area contributed by atoms with Crippen LogP contribution in [0.5, 0.6) is 5.88 Å². The highest BCUT2D eigenvalue weighted by Crippen LogP contribution is 2.12. The van der Waals surface area contributed by atoms with E-state index >= 15 is 0 Å². The molecule has 0 bridgehead atoms. The molecule has 0 aliphatic heterocycles. The Hall–Kier alpha value is -2.36. The SMILES string of the molecule is CN=C(NCc1ccc(C(=O)N(C)C)cc1)NCc1cccnc1OC.I. The summed E-state index contributed by atoms with van der Waals surface area (Å²) in [5.41, 5.74) is 2.68. The zero-order valence-corrected chi connectivity index (χ0v) is 18.4. The van der Waals surface area contributed by atoms with E-state index in [1.165, 1.54) is 0 Å². The van der Waals surface area contributed by atoms with Gasteiger partial charge in [0.05, 0.1) is 7.11 Å². The molecule has 0 fully saturated rings. The van der Waals surface area contributed by atoms with E-state index < -0.39 is 0 Å². The minimum Gasteiger partial charge on any atom is -0.481 e. The molecule has 1 heterocycles. The lowest BCUT2D eigenvalue weighted by Gasteiger charge is -2.14. The lowest BCUT2D eigenvalue weighted by atomic mass is 10.1. The van der Waals surface area contributed by atoms with Crippen molar-refractivity contribution in [3.63, 3.8) is 0 Å². The molecule has 8 heteroatoms. The smallest absolute Gasteiger partial charge is 0.253 e. The first-order valence-electron chi connectivity index (χ1n) is 8.28. The number of carbonyl (C=O) groups excluding carboxylic acids is 1. The average Bonchev–Trinajstić information content (AvgIpc) is 2.68. The summed E-state index contributed by atoms with van der Waals surface area (Å²) in [4.78, 5) is 21.9. The number of hydrogen-bond acceptors (Lipinski definition) is 4. The first-order valence-corrected chi connectivity index (χ1v) is 8.28. The first kappa shape index (κ1) is 22.7. The number of hydrogen-bond donors (Lipinski definition) is 2. The molecule has 2 rings (SSSR count). The number of guanidine groups is 1. The molecule has 0 aliphatic rings. The van der Waals surface area contributed by atoms with Gasteiger partial charge in [0.2, 0.25) is 5.88 Å². The second-order valence-electron chi connectivity index (χ2n) is 5.85. The van der Waals surface area contributed by atoms with Gasteiger partial charge in [-0.25, -0.2) is 4.98 Å². The van der Waals surface area contributed by atoms with Gasteiger partial charge in [-0.15, -0.1) is 24.0 Å². The highest BCUT2D eigenvalue weighted by Gasteiger charge is 2.08. The standard InChI is InChI=1S/C19H25N5O2.HI/c1-20-19(23-13-16-6-5-11-21-17(16)26-4)22-12-14-7-9-15(10-8-14)18(25)24(2)3;/h5-11H,12-13H2,1-4H3,(H2,20,22,23);1H. The molecular formula is C19H26IN5O2. The van der Waals surface area contributed by atoms with Crippen LogP contribution in [0.4, 0.5) is 0 Å². The molecule has 1 amide bonds. The number of pyridine rings is 1. The van der Waals surface area contributed by atoms with Crippen LogP contribution < -0.4 is 15.4 Å². The Morgan fingerprint density at radius 3 is 2.41 bits per heavy atom. The van der Waals surface area contributed by atoms with Gasteiger partial charge in [0, 0.05) is 51.6 Å². The third-order valence-electron chi connectivity index (χ3n) is 3.78. The average molecular weight is 483 g/mol. The van der Waals surface area contributed by atoms with E-state index in [0.717, 1.165) is 11.1 Å². The molecule has 0 atom stereocenters. The first-order chi connectivity index (χ1) is 12.5. The van der Waals surface area contributed by atoms with Crippen molar-refractivity contribution in [3.05, 3.63) is 59.3 Å². The van der Waals surface area contributed by atoms with Crippen molar-refractivity contribution in [2.24, 2.45) is 4.99 Å². The quantitative estimate of drug-likeness (QED) is 0.375. The Balaban J connectivity index is 0.00000364. The maximum Gasteiger partial charge on any atom is 0.253 e. The highest BCUT2D eigenvalue weighted by atomic mass is 127. The van der Waals surface area contributed by atoms with E-state index in [-0.39, 0.29) is 29.9 Å².